The molecule has 2 unspecified atom stereocenters. The fraction of sp³-hybridized carbons (Fsp3) is 0.435. The molecule has 2 atom stereocenters. The van der Waals surface area contributed by atoms with Crippen molar-refractivity contribution in [3.8, 4) is 0 Å². The maximum atomic E-state index is 13.2. The van der Waals surface area contributed by atoms with Crippen molar-refractivity contribution in [2.75, 3.05) is 11.3 Å². The quantitative estimate of drug-likeness (QED) is 0.462. The Bertz CT molecular complexity index is 1230. The van der Waals surface area contributed by atoms with Gasteiger partial charge in [-0.2, -0.15) is 0 Å². The lowest BCUT2D eigenvalue weighted by Crippen LogP contribution is -2.37. The summed E-state index contributed by atoms with van der Waals surface area (Å²) in [7, 11) is -4.16. The number of non-ortho nitro benzene ring substituents is 1. The molecular formula is C23H26ClN3O5S. The van der Waals surface area contributed by atoms with Gasteiger partial charge in [-0.05, 0) is 60.4 Å². The third-order valence-electron chi connectivity index (χ3n) is 6.47. The highest BCUT2D eigenvalue weighted by atomic mass is 35.5. The molecule has 1 heterocycles. The summed E-state index contributed by atoms with van der Waals surface area (Å²) in [6.45, 7) is 7.46. The molecular weight excluding hydrogens is 466 g/mol. The smallest absolute Gasteiger partial charge is 0.270 e. The summed E-state index contributed by atoms with van der Waals surface area (Å²) in [6.07, 6.45) is 3.06. The number of rotatable bonds is 5. The third kappa shape index (κ3) is 4.70. The second-order valence-corrected chi connectivity index (χ2v) is 12.3. The summed E-state index contributed by atoms with van der Waals surface area (Å²) < 4.78 is 27.9. The Balaban J connectivity index is 1.52. The molecule has 1 amide bonds. The van der Waals surface area contributed by atoms with Crippen LogP contribution in [0.5, 0.6) is 0 Å². The number of carbonyl (C=O) groups is 1. The molecule has 1 aliphatic heterocycles. The number of nitrogens with zero attached hydrogens (tertiary/aromatic N) is 2. The summed E-state index contributed by atoms with van der Waals surface area (Å²) in [5, 5.41) is 10.9. The van der Waals surface area contributed by atoms with Crippen molar-refractivity contribution in [1.29, 1.82) is 0 Å². The molecule has 10 heteroatoms. The Morgan fingerprint density at radius 2 is 1.82 bits per heavy atom. The van der Waals surface area contributed by atoms with E-state index >= 15 is 0 Å². The van der Waals surface area contributed by atoms with Crippen LogP contribution in [0.4, 0.5) is 11.4 Å². The summed E-state index contributed by atoms with van der Waals surface area (Å²) in [5.74, 6) is -0.0578. The van der Waals surface area contributed by atoms with E-state index in [0.29, 0.717) is 5.56 Å². The minimum Gasteiger partial charge on any atom is -0.335 e. The maximum Gasteiger partial charge on any atom is 0.270 e. The van der Waals surface area contributed by atoms with Gasteiger partial charge in [0.05, 0.1) is 9.95 Å². The zero-order valence-corrected chi connectivity index (χ0v) is 20.2. The zero-order valence-electron chi connectivity index (χ0n) is 18.7. The van der Waals surface area contributed by atoms with Gasteiger partial charge in [0.2, 0.25) is 0 Å². The van der Waals surface area contributed by atoms with Crippen molar-refractivity contribution in [3.63, 3.8) is 0 Å². The molecule has 33 heavy (non-hydrogen) atoms. The molecule has 0 spiro atoms. The number of nitro groups is 1. The molecule has 2 aromatic carbocycles. The number of benzene rings is 2. The predicted molar refractivity (Wildman–Crippen MR) is 126 cm³/mol. The van der Waals surface area contributed by atoms with Crippen molar-refractivity contribution in [3.05, 3.63) is 63.2 Å². The van der Waals surface area contributed by atoms with E-state index < -0.39 is 19.8 Å². The van der Waals surface area contributed by atoms with E-state index in [9.17, 15) is 23.3 Å². The van der Waals surface area contributed by atoms with E-state index in [1.54, 1.807) is 12.1 Å². The number of anilines is 1. The van der Waals surface area contributed by atoms with Gasteiger partial charge < -0.3 is 4.90 Å². The van der Waals surface area contributed by atoms with Crippen molar-refractivity contribution in [1.82, 2.24) is 4.90 Å². The second-order valence-electron chi connectivity index (χ2n) is 10.2. The number of halogens is 1. The summed E-state index contributed by atoms with van der Waals surface area (Å²) >= 11 is 5.97. The standard InChI is InChI=1S/C23H26ClN3O5S/c1-22(2)11-18-12-23(3,13-22)14-26(18)21(28)15-4-6-16(7-5-15)25-33(31,32)20-10-17(27(29)30)8-9-19(20)24/h4-10,18,25H,11-14H2,1-3H3. The molecule has 0 aromatic heterocycles. The molecule has 2 aliphatic rings. The van der Waals surface area contributed by atoms with Gasteiger partial charge in [-0.1, -0.05) is 32.4 Å². The van der Waals surface area contributed by atoms with Crippen LogP contribution in [0.3, 0.4) is 0 Å². The Morgan fingerprint density at radius 3 is 2.45 bits per heavy atom. The Labute approximate surface area is 198 Å². The van der Waals surface area contributed by atoms with E-state index in [0.717, 1.165) is 37.9 Å². The molecule has 0 radical (unpaired) electrons. The van der Waals surface area contributed by atoms with E-state index in [1.165, 1.54) is 18.2 Å². The monoisotopic (exact) mass is 491 g/mol. The number of amides is 1. The van der Waals surface area contributed by atoms with E-state index in [1.807, 2.05) is 4.90 Å². The largest absolute Gasteiger partial charge is 0.335 e. The molecule has 1 saturated heterocycles. The molecule has 8 nitrogen and oxygen atoms in total. The maximum absolute atomic E-state index is 13.2. The van der Waals surface area contributed by atoms with Crippen molar-refractivity contribution in [2.24, 2.45) is 10.8 Å². The highest BCUT2D eigenvalue weighted by Gasteiger charge is 2.51. The molecule has 4 rings (SSSR count). The van der Waals surface area contributed by atoms with Gasteiger partial charge in [0.1, 0.15) is 4.90 Å². The topological polar surface area (TPSA) is 110 Å². The number of carbonyl (C=O) groups excluding carboxylic acids is 1. The fourth-order valence-corrected chi connectivity index (χ4v) is 7.14. The highest BCUT2D eigenvalue weighted by Crippen LogP contribution is 2.52. The Hall–Kier alpha value is -2.65. The van der Waals surface area contributed by atoms with Crippen LogP contribution in [0.15, 0.2) is 47.4 Å². The van der Waals surface area contributed by atoms with Gasteiger partial charge in [0, 0.05) is 36.0 Å². The summed E-state index contributed by atoms with van der Waals surface area (Å²) in [5.41, 5.74) is 0.647. The van der Waals surface area contributed by atoms with Crippen LogP contribution in [-0.4, -0.2) is 36.7 Å². The number of sulfonamides is 1. The molecule has 176 valence electrons. The SMILES string of the molecule is CC1(C)CC2CC(C)(CN2C(=O)c2ccc(NS(=O)(=O)c3cc([N+](=O)[O-])ccc3Cl)cc2)C1. The van der Waals surface area contributed by atoms with E-state index in [2.05, 4.69) is 25.5 Å². The molecule has 1 aliphatic carbocycles. The van der Waals surface area contributed by atoms with Crippen LogP contribution < -0.4 is 4.72 Å². The lowest BCUT2D eigenvalue weighted by atomic mass is 9.65. The minimum atomic E-state index is -4.16. The molecule has 2 aromatic rings. The molecule has 2 fully saturated rings. The third-order valence-corrected chi connectivity index (χ3v) is 8.34. The van der Waals surface area contributed by atoms with Gasteiger partial charge in [0.15, 0.2) is 0 Å². The first-order chi connectivity index (χ1) is 15.3. The fourth-order valence-electron chi connectivity index (χ4n) is 5.57. The average molecular weight is 492 g/mol. The van der Waals surface area contributed by atoms with Crippen LogP contribution in [-0.2, 0) is 10.0 Å². The van der Waals surface area contributed by atoms with Gasteiger partial charge >= 0.3 is 0 Å². The van der Waals surface area contributed by atoms with Gasteiger partial charge in [-0.15, -0.1) is 0 Å². The minimum absolute atomic E-state index is 0.0578. The second kappa shape index (κ2) is 7.99. The Morgan fingerprint density at radius 1 is 1.15 bits per heavy atom. The first-order valence-electron chi connectivity index (χ1n) is 10.7. The number of hydrogen-bond donors (Lipinski definition) is 1. The lowest BCUT2D eigenvalue weighted by Gasteiger charge is -2.39. The Kier molecular flexibility index (Phi) is 5.69. The van der Waals surface area contributed by atoms with Crippen molar-refractivity contribution >= 4 is 38.9 Å². The average Bonchev–Trinajstić information content (AvgIpc) is 2.96. The van der Waals surface area contributed by atoms with E-state index in [-0.39, 0.29) is 39.2 Å². The van der Waals surface area contributed by atoms with Gasteiger partial charge in [-0.3, -0.25) is 19.6 Å². The summed E-state index contributed by atoms with van der Waals surface area (Å²) in [4.78, 5) is 25.1. The van der Waals surface area contributed by atoms with Gasteiger partial charge in [0.25, 0.3) is 21.6 Å². The van der Waals surface area contributed by atoms with Gasteiger partial charge in [-0.25, -0.2) is 8.42 Å². The number of fused-ring (bicyclic) bond motifs is 2. The van der Waals surface area contributed by atoms with Crippen LogP contribution in [0, 0.1) is 20.9 Å². The highest BCUT2D eigenvalue weighted by molar-refractivity contribution is 7.92. The number of nitro benzene ring substituents is 1. The van der Waals surface area contributed by atoms with Crippen LogP contribution >= 0.6 is 11.6 Å². The normalized spacial score (nSPS) is 23.9. The number of likely N-dealkylation sites (tertiary alicyclic amines) is 1. The zero-order chi connectivity index (χ0) is 24.2. The van der Waals surface area contributed by atoms with E-state index in [4.69, 9.17) is 11.6 Å². The molecule has 1 N–H and O–H groups in total. The summed E-state index contributed by atoms with van der Waals surface area (Å²) in [6, 6.07) is 9.61. The molecule has 1 saturated carbocycles. The van der Waals surface area contributed by atoms with Crippen LogP contribution in [0.2, 0.25) is 5.02 Å². The number of nitrogens with one attached hydrogen (secondary N) is 1. The number of hydrogen-bond acceptors (Lipinski definition) is 5. The first-order valence-corrected chi connectivity index (χ1v) is 12.5. The van der Waals surface area contributed by atoms with Crippen LogP contribution in [0.1, 0.15) is 50.4 Å². The predicted octanol–water partition coefficient (Wildman–Crippen LogP) is 5.09. The van der Waals surface area contributed by atoms with Crippen molar-refractivity contribution < 1.29 is 18.1 Å². The van der Waals surface area contributed by atoms with Crippen LogP contribution in [0.25, 0.3) is 0 Å². The molecule has 2 bridgehead atoms. The first kappa shape index (κ1) is 23.5. The van der Waals surface area contributed by atoms with Crippen molar-refractivity contribution in [2.45, 2.75) is 51.0 Å². The lowest BCUT2D eigenvalue weighted by molar-refractivity contribution is -0.385.